The fourth-order valence-corrected chi connectivity index (χ4v) is 1.44. The summed E-state index contributed by atoms with van der Waals surface area (Å²) in [6, 6.07) is 3.81. The summed E-state index contributed by atoms with van der Waals surface area (Å²) in [5, 5.41) is 0. The topological polar surface area (TPSA) is 48.1 Å². The number of hydrogen-bond acceptors (Lipinski definition) is 3. The molecule has 1 saturated carbocycles. The van der Waals surface area contributed by atoms with E-state index < -0.39 is 0 Å². The van der Waals surface area contributed by atoms with Gasteiger partial charge in [0.05, 0.1) is 12.3 Å². The molecule has 0 aromatic carbocycles. The van der Waals surface area contributed by atoms with Crippen molar-refractivity contribution in [2.45, 2.75) is 19.4 Å². The third kappa shape index (κ3) is 3.25. The van der Waals surface area contributed by atoms with Gasteiger partial charge in [0.1, 0.15) is 4.99 Å². The van der Waals surface area contributed by atoms with Crippen molar-refractivity contribution in [3.05, 3.63) is 29.6 Å². The fraction of sp³-hybridized carbons (Fsp3) is 0.455. The Balaban J connectivity index is 1.88. The summed E-state index contributed by atoms with van der Waals surface area (Å²) < 4.78 is 5.57. The fourth-order valence-electron chi connectivity index (χ4n) is 1.33. The number of hydrogen-bond donors (Lipinski definition) is 1. The van der Waals surface area contributed by atoms with Crippen molar-refractivity contribution < 1.29 is 4.74 Å². The average Bonchev–Trinajstić information content (AvgIpc) is 3.02. The zero-order valence-corrected chi connectivity index (χ0v) is 9.30. The maximum atomic E-state index is 5.57. The molecule has 0 saturated heterocycles. The van der Waals surface area contributed by atoms with Gasteiger partial charge >= 0.3 is 0 Å². The van der Waals surface area contributed by atoms with Crippen LogP contribution in [0.5, 0.6) is 0 Å². The number of thiocarbonyl (C=S) groups is 1. The molecule has 0 unspecified atom stereocenters. The molecule has 1 fully saturated rings. The first-order valence-electron chi connectivity index (χ1n) is 5.08. The van der Waals surface area contributed by atoms with Gasteiger partial charge in [-0.3, -0.25) is 4.98 Å². The van der Waals surface area contributed by atoms with Crippen LogP contribution in [0.3, 0.4) is 0 Å². The molecule has 1 heterocycles. The zero-order valence-electron chi connectivity index (χ0n) is 8.48. The Morgan fingerprint density at radius 3 is 3.07 bits per heavy atom. The minimum absolute atomic E-state index is 0.332. The highest BCUT2D eigenvalue weighted by molar-refractivity contribution is 7.80. The number of rotatable bonds is 5. The van der Waals surface area contributed by atoms with E-state index in [-0.39, 0.29) is 0 Å². The molecular formula is C11H14N2OS. The van der Waals surface area contributed by atoms with Crippen molar-refractivity contribution in [2.75, 3.05) is 6.61 Å². The van der Waals surface area contributed by atoms with Crippen molar-refractivity contribution in [1.82, 2.24) is 4.98 Å². The van der Waals surface area contributed by atoms with Crippen molar-refractivity contribution in [3.8, 4) is 0 Å². The van der Waals surface area contributed by atoms with Crippen molar-refractivity contribution in [3.63, 3.8) is 0 Å². The summed E-state index contributed by atoms with van der Waals surface area (Å²) in [6.07, 6.45) is 4.34. The SMILES string of the molecule is NC(=S)c1cc(COCC2CC2)ccn1. The summed E-state index contributed by atoms with van der Waals surface area (Å²) in [4.78, 5) is 4.41. The van der Waals surface area contributed by atoms with Crippen LogP contribution >= 0.6 is 12.2 Å². The lowest BCUT2D eigenvalue weighted by Crippen LogP contribution is -2.12. The smallest absolute Gasteiger partial charge is 0.122 e. The standard InChI is InChI=1S/C11H14N2OS/c12-11(15)10-5-9(3-4-13-10)7-14-6-8-1-2-8/h3-5,8H,1-2,6-7H2,(H2,12,15). The van der Waals surface area contributed by atoms with Crippen LogP contribution < -0.4 is 5.73 Å². The van der Waals surface area contributed by atoms with Crippen molar-refractivity contribution in [1.29, 1.82) is 0 Å². The normalized spacial score (nSPS) is 15.2. The molecule has 0 aliphatic heterocycles. The number of ether oxygens (including phenoxy) is 1. The van der Waals surface area contributed by atoms with E-state index in [1.807, 2.05) is 12.1 Å². The minimum atomic E-state index is 0.332. The van der Waals surface area contributed by atoms with Gasteiger partial charge in [-0.2, -0.15) is 0 Å². The molecule has 2 N–H and O–H groups in total. The predicted octanol–water partition coefficient (Wildman–Crippen LogP) is 1.64. The number of nitrogens with zero attached hydrogens (tertiary/aromatic N) is 1. The van der Waals surface area contributed by atoms with Gasteiger partial charge in [-0.25, -0.2) is 0 Å². The van der Waals surface area contributed by atoms with Crippen LogP contribution in [-0.2, 0) is 11.3 Å². The lowest BCUT2D eigenvalue weighted by molar-refractivity contribution is 0.111. The second-order valence-corrected chi connectivity index (χ2v) is 4.31. The largest absolute Gasteiger partial charge is 0.388 e. The van der Waals surface area contributed by atoms with Crippen LogP contribution in [0, 0.1) is 5.92 Å². The first kappa shape index (κ1) is 10.5. The summed E-state index contributed by atoms with van der Waals surface area (Å²) in [6.45, 7) is 1.49. The van der Waals surface area contributed by atoms with Crippen LogP contribution in [-0.4, -0.2) is 16.6 Å². The first-order valence-corrected chi connectivity index (χ1v) is 5.49. The highest BCUT2D eigenvalue weighted by Crippen LogP contribution is 2.29. The zero-order chi connectivity index (χ0) is 10.7. The molecule has 0 spiro atoms. The van der Waals surface area contributed by atoms with Crippen LogP contribution in [0.2, 0.25) is 0 Å². The van der Waals surface area contributed by atoms with Gasteiger partial charge in [-0.05, 0) is 36.5 Å². The second kappa shape index (κ2) is 4.68. The Morgan fingerprint density at radius 1 is 1.60 bits per heavy atom. The second-order valence-electron chi connectivity index (χ2n) is 3.87. The number of aromatic nitrogens is 1. The number of nitrogens with two attached hydrogens (primary N) is 1. The highest BCUT2D eigenvalue weighted by Gasteiger charge is 2.20. The molecule has 3 nitrogen and oxygen atoms in total. The van der Waals surface area contributed by atoms with E-state index in [1.165, 1.54) is 12.8 Å². The van der Waals surface area contributed by atoms with E-state index >= 15 is 0 Å². The molecule has 0 atom stereocenters. The van der Waals surface area contributed by atoms with Gasteiger partial charge in [0, 0.05) is 12.8 Å². The Labute approximate surface area is 94.6 Å². The average molecular weight is 222 g/mol. The maximum Gasteiger partial charge on any atom is 0.122 e. The van der Waals surface area contributed by atoms with Gasteiger partial charge in [0.15, 0.2) is 0 Å². The predicted molar refractivity (Wildman–Crippen MR) is 62.5 cm³/mol. The van der Waals surface area contributed by atoms with Crippen molar-refractivity contribution in [2.24, 2.45) is 11.7 Å². The molecule has 1 aromatic rings. The van der Waals surface area contributed by atoms with Gasteiger partial charge < -0.3 is 10.5 Å². The van der Waals surface area contributed by atoms with Gasteiger partial charge in [-0.15, -0.1) is 0 Å². The summed E-state index contributed by atoms with van der Waals surface area (Å²) >= 11 is 4.86. The summed E-state index contributed by atoms with van der Waals surface area (Å²) in [7, 11) is 0. The number of pyridine rings is 1. The minimum Gasteiger partial charge on any atom is -0.388 e. The van der Waals surface area contributed by atoms with Crippen molar-refractivity contribution >= 4 is 17.2 Å². The molecule has 4 heteroatoms. The maximum absolute atomic E-state index is 5.57. The van der Waals surface area contributed by atoms with Gasteiger partial charge in [-0.1, -0.05) is 12.2 Å². The van der Waals surface area contributed by atoms with Crippen LogP contribution in [0.15, 0.2) is 18.3 Å². The van der Waals surface area contributed by atoms with E-state index in [9.17, 15) is 0 Å². The molecule has 1 aromatic heterocycles. The molecule has 80 valence electrons. The van der Waals surface area contributed by atoms with Crippen LogP contribution in [0.4, 0.5) is 0 Å². The molecule has 1 aliphatic rings. The quantitative estimate of drug-likeness (QED) is 0.769. The molecule has 0 amide bonds. The summed E-state index contributed by atoms with van der Waals surface area (Å²) in [5.74, 6) is 0.793. The Bertz CT molecular complexity index is 363. The lowest BCUT2D eigenvalue weighted by atomic mass is 10.2. The van der Waals surface area contributed by atoms with Crippen LogP contribution in [0.25, 0.3) is 0 Å². The van der Waals surface area contributed by atoms with Gasteiger partial charge in [0.2, 0.25) is 0 Å². The van der Waals surface area contributed by atoms with E-state index in [0.717, 1.165) is 18.1 Å². The van der Waals surface area contributed by atoms with Gasteiger partial charge in [0.25, 0.3) is 0 Å². The lowest BCUT2D eigenvalue weighted by Gasteiger charge is -2.04. The van der Waals surface area contributed by atoms with E-state index in [2.05, 4.69) is 4.98 Å². The van der Waals surface area contributed by atoms with E-state index in [4.69, 9.17) is 22.7 Å². The monoisotopic (exact) mass is 222 g/mol. The molecular weight excluding hydrogens is 208 g/mol. The van der Waals surface area contributed by atoms with Crippen LogP contribution in [0.1, 0.15) is 24.1 Å². The third-order valence-corrected chi connectivity index (χ3v) is 2.61. The Hall–Kier alpha value is -1.00. The molecule has 1 aliphatic carbocycles. The highest BCUT2D eigenvalue weighted by atomic mass is 32.1. The molecule has 0 radical (unpaired) electrons. The van der Waals surface area contributed by atoms with E-state index in [0.29, 0.717) is 17.3 Å². The third-order valence-electron chi connectivity index (χ3n) is 2.40. The Morgan fingerprint density at radius 2 is 2.40 bits per heavy atom. The van der Waals surface area contributed by atoms with E-state index in [1.54, 1.807) is 6.20 Å². The first-order chi connectivity index (χ1) is 7.25. The molecule has 15 heavy (non-hydrogen) atoms. The molecule has 2 rings (SSSR count). The molecule has 0 bridgehead atoms. The summed E-state index contributed by atoms with van der Waals surface area (Å²) in [5.41, 5.74) is 7.24. The Kier molecular flexibility index (Phi) is 3.28.